The smallest absolute Gasteiger partial charge is 0.120 e. The molecule has 1 saturated heterocycles. The number of piperidine rings is 1. The van der Waals surface area contributed by atoms with Crippen LogP contribution >= 0.6 is 0 Å². The van der Waals surface area contributed by atoms with Gasteiger partial charge in [0, 0.05) is 17.8 Å². The lowest BCUT2D eigenvalue weighted by Gasteiger charge is -2.24. The molecule has 0 radical (unpaired) electrons. The minimum absolute atomic E-state index is 0.322. The average Bonchev–Trinajstić information content (AvgIpc) is 2.64. The number of benzene rings is 2. The minimum atomic E-state index is 0.322. The van der Waals surface area contributed by atoms with Crippen molar-refractivity contribution in [2.24, 2.45) is 0 Å². The van der Waals surface area contributed by atoms with Crippen LogP contribution in [-0.4, -0.2) is 24.2 Å². The summed E-state index contributed by atoms with van der Waals surface area (Å²) in [5.41, 5.74) is 2.55. The first-order valence-corrected chi connectivity index (χ1v) is 8.66. The zero-order chi connectivity index (χ0) is 16.2. The van der Waals surface area contributed by atoms with Gasteiger partial charge < -0.3 is 10.1 Å². The van der Waals surface area contributed by atoms with Crippen molar-refractivity contribution in [2.45, 2.75) is 25.4 Å². The topological polar surface area (TPSA) is 34.1 Å². The third-order valence-corrected chi connectivity index (χ3v) is 4.64. The first-order chi connectivity index (χ1) is 11.9. The highest BCUT2D eigenvalue weighted by Crippen LogP contribution is 2.26. The molecule has 3 nitrogen and oxygen atoms in total. The van der Waals surface area contributed by atoms with Gasteiger partial charge in [0.05, 0.1) is 0 Å². The van der Waals surface area contributed by atoms with E-state index in [0.29, 0.717) is 6.10 Å². The van der Waals surface area contributed by atoms with Crippen LogP contribution < -0.4 is 10.1 Å². The molecule has 2 heterocycles. The van der Waals surface area contributed by atoms with Crippen LogP contribution in [0.5, 0.6) is 5.75 Å². The molecule has 0 bridgehead atoms. The maximum absolute atomic E-state index is 6.21. The van der Waals surface area contributed by atoms with Gasteiger partial charge in [-0.15, -0.1) is 0 Å². The standard InChI is InChI=1S/C21H22N2O/c1-2-4-16(5-3-1)12-18-15-23-14-17-6-7-20(13-21(17)18)24-19-8-10-22-11-9-19/h1-7,13-15,19,22H,8-12H2. The molecule has 1 aliphatic heterocycles. The van der Waals surface area contributed by atoms with Gasteiger partial charge in [-0.05, 0) is 67.1 Å². The molecule has 4 rings (SSSR count). The van der Waals surface area contributed by atoms with Crippen molar-refractivity contribution < 1.29 is 4.74 Å². The van der Waals surface area contributed by atoms with Crippen molar-refractivity contribution in [2.75, 3.05) is 13.1 Å². The van der Waals surface area contributed by atoms with E-state index in [9.17, 15) is 0 Å². The number of nitrogens with zero attached hydrogens (tertiary/aromatic N) is 1. The maximum Gasteiger partial charge on any atom is 0.120 e. The second kappa shape index (κ2) is 7.02. The molecule has 0 unspecified atom stereocenters. The molecule has 1 aromatic heterocycles. The number of hydrogen-bond donors (Lipinski definition) is 1. The maximum atomic E-state index is 6.21. The highest BCUT2D eigenvalue weighted by atomic mass is 16.5. The van der Waals surface area contributed by atoms with Gasteiger partial charge in [-0.3, -0.25) is 4.98 Å². The number of rotatable bonds is 4. The van der Waals surface area contributed by atoms with Crippen molar-refractivity contribution >= 4 is 10.8 Å². The van der Waals surface area contributed by atoms with E-state index in [1.54, 1.807) is 0 Å². The number of ether oxygens (including phenoxy) is 1. The lowest BCUT2D eigenvalue weighted by molar-refractivity contribution is 0.162. The fourth-order valence-electron chi connectivity index (χ4n) is 3.34. The van der Waals surface area contributed by atoms with E-state index in [1.165, 1.54) is 21.9 Å². The molecule has 122 valence electrons. The van der Waals surface area contributed by atoms with Gasteiger partial charge in [0.15, 0.2) is 0 Å². The summed E-state index contributed by atoms with van der Waals surface area (Å²) < 4.78 is 6.21. The van der Waals surface area contributed by atoms with Crippen molar-refractivity contribution in [1.29, 1.82) is 0 Å². The van der Waals surface area contributed by atoms with Crippen LogP contribution in [-0.2, 0) is 6.42 Å². The van der Waals surface area contributed by atoms with E-state index in [4.69, 9.17) is 4.74 Å². The van der Waals surface area contributed by atoms with Crippen molar-refractivity contribution in [3.8, 4) is 5.75 Å². The Bertz CT molecular complexity index is 810. The monoisotopic (exact) mass is 318 g/mol. The first-order valence-electron chi connectivity index (χ1n) is 8.66. The average molecular weight is 318 g/mol. The second-order valence-corrected chi connectivity index (χ2v) is 6.41. The molecular formula is C21H22N2O. The Morgan fingerprint density at radius 3 is 2.67 bits per heavy atom. The molecule has 3 aromatic rings. The quantitative estimate of drug-likeness (QED) is 0.791. The van der Waals surface area contributed by atoms with Gasteiger partial charge in [0.1, 0.15) is 11.9 Å². The molecule has 1 aliphatic rings. The first kappa shape index (κ1) is 15.2. The summed E-state index contributed by atoms with van der Waals surface area (Å²) in [6.07, 6.45) is 7.27. The molecule has 24 heavy (non-hydrogen) atoms. The van der Waals surface area contributed by atoms with Crippen LogP contribution in [0.2, 0.25) is 0 Å². The van der Waals surface area contributed by atoms with Gasteiger partial charge in [-0.1, -0.05) is 30.3 Å². The molecule has 0 amide bonds. The van der Waals surface area contributed by atoms with E-state index < -0.39 is 0 Å². The summed E-state index contributed by atoms with van der Waals surface area (Å²) in [5.74, 6) is 0.968. The highest BCUT2D eigenvalue weighted by Gasteiger charge is 2.15. The van der Waals surface area contributed by atoms with Gasteiger partial charge in [-0.2, -0.15) is 0 Å². The molecule has 1 fully saturated rings. The SMILES string of the molecule is c1ccc(Cc2cncc3ccc(OC4CCNCC4)cc23)cc1. The fourth-order valence-corrected chi connectivity index (χ4v) is 3.34. The van der Waals surface area contributed by atoms with Crippen LogP contribution in [0.25, 0.3) is 10.8 Å². The largest absolute Gasteiger partial charge is 0.490 e. The third kappa shape index (κ3) is 3.41. The molecule has 0 saturated carbocycles. The Balaban J connectivity index is 1.63. The zero-order valence-electron chi connectivity index (χ0n) is 13.7. The lowest BCUT2D eigenvalue weighted by Crippen LogP contribution is -2.34. The summed E-state index contributed by atoms with van der Waals surface area (Å²) >= 11 is 0. The van der Waals surface area contributed by atoms with Crippen molar-refractivity contribution in [1.82, 2.24) is 10.3 Å². The zero-order valence-corrected chi connectivity index (χ0v) is 13.7. The number of pyridine rings is 1. The van der Waals surface area contributed by atoms with Gasteiger partial charge in [0.2, 0.25) is 0 Å². The normalized spacial score (nSPS) is 15.5. The molecule has 2 aromatic carbocycles. The molecular weight excluding hydrogens is 296 g/mol. The second-order valence-electron chi connectivity index (χ2n) is 6.41. The van der Waals surface area contributed by atoms with E-state index in [-0.39, 0.29) is 0 Å². The number of hydrogen-bond acceptors (Lipinski definition) is 3. The Kier molecular flexibility index (Phi) is 4.43. The molecule has 3 heteroatoms. The Hall–Kier alpha value is -2.39. The van der Waals surface area contributed by atoms with Gasteiger partial charge in [-0.25, -0.2) is 0 Å². The summed E-state index contributed by atoms with van der Waals surface area (Å²) in [4.78, 5) is 4.41. The Labute approximate surface area is 142 Å². The van der Waals surface area contributed by atoms with Crippen LogP contribution in [0.15, 0.2) is 60.9 Å². The predicted octanol–water partition coefficient (Wildman–Crippen LogP) is 3.96. The van der Waals surface area contributed by atoms with Crippen molar-refractivity contribution in [3.63, 3.8) is 0 Å². The Morgan fingerprint density at radius 2 is 1.83 bits per heavy atom. The number of nitrogens with one attached hydrogen (secondary N) is 1. The van der Waals surface area contributed by atoms with Crippen LogP contribution in [0.4, 0.5) is 0 Å². The summed E-state index contributed by atoms with van der Waals surface area (Å²) in [7, 11) is 0. The van der Waals surface area contributed by atoms with E-state index in [2.05, 4.69) is 58.8 Å². The van der Waals surface area contributed by atoms with E-state index in [1.807, 2.05) is 12.4 Å². The van der Waals surface area contributed by atoms with Crippen LogP contribution in [0, 0.1) is 0 Å². The van der Waals surface area contributed by atoms with E-state index in [0.717, 1.165) is 38.1 Å². The predicted molar refractivity (Wildman–Crippen MR) is 97.5 cm³/mol. The van der Waals surface area contributed by atoms with Crippen molar-refractivity contribution in [3.05, 3.63) is 72.1 Å². The van der Waals surface area contributed by atoms with Crippen LogP contribution in [0.1, 0.15) is 24.0 Å². The van der Waals surface area contributed by atoms with Gasteiger partial charge in [0.25, 0.3) is 0 Å². The molecule has 0 aliphatic carbocycles. The Morgan fingerprint density at radius 1 is 1.00 bits per heavy atom. The van der Waals surface area contributed by atoms with Crippen LogP contribution in [0.3, 0.4) is 0 Å². The molecule has 0 spiro atoms. The minimum Gasteiger partial charge on any atom is -0.490 e. The molecule has 1 N–H and O–H groups in total. The number of fused-ring (bicyclic) bond motifs is 1. The van der Waals surface area contributed by atoms with E-state index >= 15 is 0 Å². The summed E-state index contributed by atoms with van der Waals surface area (Å²) in [6.45, 7) is 2.09. The third-order valence-electron chi connectivity index (χ3n) is 4.64. The summed E-state index contributed by atoms with van der Waals surface area (Å²) in [5, 5.41) is 5.78. The fraction of sp³-hybridized carbons (Fsp3) is 0.286. The highest BCUT2D eigenvalue weighted by molar-refractivity contribution is 5.86. The molecule has 0 atom stereocenters. The number of aromatic nitrogens is 1. The van der Waals surface area contributed by atoms with Gasteiger partial charge >= 0.3 is 0 Å². The summed E-state index contributed by atoms with van der Waals surface area (Å²) in [6, 6.07) is 16.9. The lowest BCUT2D eigenvalue weighted by atomic mass is 10.0.